The van der Waals surface area contributed by atoms with E-state index in [9.17, 15) is 14.4 Å². The molecule has 204 valence electrons. The summed E-state index contributed by atoms with van der Waals surface area (Å²) in [7, 11) is 0. The average Bonchev–Trinajstić information content (AvgIpc) is 3.36. The van der Waals surface area contributed by atoms with Crippen LogP contribution in [0.3, 0.4) is 0 Å². The van der Waals surface area contributed by atoms with Crippen LogP contribution in [0.25, 0.3) is 28.2 Å². The summed E-state index contributed by atoms with van der Waals surface area (Å²) in [5.74, 6) is 0.112. The molecule has 0 saturated carbocycles. The van der Waals surface area contributed by atoms with Gasteiger partial charge in [0.25, 0.3) is 0 Å². The van der Waals surface area contributed by atoms with E-state index in [1.165, 1.54) is 12.5 Å². The minimum atomic E-state index is -0.961. The molecule has 0 aliphatic carbocycles. The molecule has 2 aromatic carbocycles. The predicted octanol–water partition coefficient (Wildman–Crippen LogP) is 6.97. The summed E-state index contributed by atoms with van der Waals surface area (Å²) < 4.78 is 18.5. The first-order chi connectivity index (χ1) is 18.2. The Balaban J connectivity index is 2.03. The monoisotopic (exact) mass is 551 g/mol. The number of rotatable bonds is 4. The molecule has 2 amide bonds. The SMILES string of the molecule is CC(C)(C)OC(=O)N(Cc1c(-c2ncco2)n(-c2ccccc2)c2cc(Cl)ccc2c1=O)C(=O)OC(C)(C)C. The molecule has 0 atom stereocenters. The van der Waals surface area contributed by atoms with E-state index < -0.39 is 35.4 Å². The van der Waals surface area contributed by atoms with Gasteiger partial charge in [-0.25, -0.2) is 19.5 Å². The van der Waals surface area contributed by atoms with Gasteiger partial charge in [-0.15, -0.1) is 0 Å². The molecule has 39 heavy (non-hydrogen) atoms. The molecule has 0 unspecified atom stereocenters. The number of carbonyl (C=O) groups excluding carboxylic acids is 2. The van der Waals surface area contributed by atoms with Gasteiger partial charge in [-0.05, 0) is 71.9 Å². The molecule has 0 bridgehead atoms. The molecule has 0 aliphatic heterocycles. The van der Waals surface area contributed by atoms with E-state index in [0.717, 1.165) is 4.90 Å². The molecule has 2 heterocycles. The third kappa shape index (κ3) is 6.31. The fourth-order valence-corrected chi connectivity index (χ4v) is 4.13. The molecular weight excluding hydrogens is 522 g/mol. The first kappa shape index (κ1) is 27.9. The molecule has 2 aromatic heterocycles. The Morgan fingerprint density at radius 2 is 1.59 bits per heavy atom. The number of hydrogen-bond donors (Lipinski definition) is 0. The number of oxazole rings is 1. The molecule has 0 fully saturated rings. The number of nitrogens with zero attached hydrogens (tertiary/aromatic N) is 3. The summed E-state index contributed by atoms with van der Waals surface area (Å²) in [5.41, 5.74) is -0.743. The second-order valence-corrected chi connectivity index (χ2v) is 11.3. The minimum absolute atomic E-state index is 0.0767. The van der Waals surface area contributed by atoms with Crippen molar-refractivity contribution in [2.24, 2.45) is 0 Å². The molecule has 9 nitrogen and oxygen atoms in total. The molecule has 0 radical (unpaired) electrons. The largest absolute Gasteiger partial charge is 0.443 e. The van der Waals surface area contributed by atoms with E-state index >= 15 is 0 Å². The summed E-state index contributed by atoms with van der Waals surface area (Å²) in [4.78, 5) is 45.7. The lowest BCUT2D eigenvalue weighted by atomic mass is 10.0. The van der Waals surface area contributed by atoms with Crippen molar-refractivity contribution in [1.29, 1.82) is 0 Å². The number of pyridine rings is 1. The summed E-state index contributed by atoms with van der Waals surface area (Å²) in [5, 5.41) is 0.740. The number of ether oxygens (including phenoxy) is 2. The van der Waals surface area contributed by atoms with Crippen molar-refractivity contribution in [3.63, 3.8) is 0 Å². The van der Waals surface area contributed by atoms with E-state index in [2.05, 4.69) is 4.98 Å². The van der Waals surface area contributed by atoms with Crippen LogP contribution in [0.2, 0.25) is 5.02 Å². The van der Waals surface area contributed by atoms with Gasteiger partial charge in [0.15, 0.2) is 5.43 Å². The molecule has 0 spiro atoms. The molecule has 4 aromatic rings. The summed E-state index contributed by atoms with van der Waals surface area (Å²) >= 11 is 6.35. The van der Waals surface area contributed by atoms with Gasteiger partial charge in [-0.1, -0.05) is 29.8 Å². The van der Waals surface area contributed by atoms with Crippen molar-refractivity contribution in [2.45, 2.75) is 59.3 Å². The van der Waals surface area contributed by atoms with Crippen LogP contribution in [0.4, 0.5) is 9.59 Å². The van der Waals surface area contributed by atoms with Crippen molar-refractivity contribution >= 4 is 34.7 Å². The van der Waals surface area contributed by atoms with Crippen LogP contribution >= 0.6 is 11.6 Å². The van der Waals surface area contributed by atoms with E-state index in [-0.39, 0.29) is 17.1 Å². The van der Waals surface area contributed by atoms with Crippen LogP contribution < -0.4 is 5.43 Å². The van der Waals surface area contributed by atoms with Crippen LogP contribution in [-0.2, 0) is 16.0 Å². The first-order valence-corrected chi connectivity index (χ1v) is 12.7. The lowest BCUT2D eigenvalue weighted by Crippen LogP contribution is -2.44. The maximum absolute atomic E-state index is 14.0. The zero-order valence-electron chi connectivity index (χ0n) is 22.6. The van der Waals surface area contributed by atoms with E-state index in [1.54, 1.807) is 64.3 Å². The van der Waals surface area contributed by atoms with E-state index in [0.29, 0.717) is 21.6 Å². The average molecular weight is 552 g/mol. The number of halogens is 1. The summed E-state index contributed by atoms with van der Waals surface area (Å²) in [6.45, 7) is 9.61. The number of imide groups is 1. The number of aromatic nitrogens is 2. The maximum atomic E-state index is 14.0. The number of para-hydroxylation sites is 1. The summed E-state index contributed by atoms with van der Waals surface area (Å²) in [6, 6.07) is 14.1. The Hall–Kier alpha value is -4.11. The lowest BCUT2D eigenvalue weighted by molar-refractivity contribution is -0.000284. The van der Waals surface area contributed by atoms with Gasteiger partial charge in [0.05, 0.1) is 18.3 Å². The predicted molar refractivity (Wildman–Crippen MR) is 148 cm³/mol. The van der Waals surface area contributed by atoms with Gasteiger partial charge in [0, 0.05) is 21.7 Å². The second-order valence-electron chi connectivity index (χ2n) is 10.9. The quantitative estimate of drug-likeness (QED) is 0.269. The first-order valence-electron chi connectivity index (χ1n) is 12.3. The normalized spacial score (nSPS) is 11.9. The second kappa shape index (κ2) is 10.6. The Bertz CT molecular complexity index is 1540. The third-order valence-electron chi connectivity index (χ3n) is 5.42. The smallest absolute Gasteiger partial charge is 0.420 e. The molecule has 0 N–H and O–H groups in total. The minimum Gasteiger partial charge on any atom is -0.443 e. The van der Waals surface area contributed by atoms with Crippen LogP contribution in [-0.4, -0.2) is 37.8 Å². The molecular formula is C29H30ClN3O6. The number of amides is 2. The highest BCUT2D eigenvalue weighted by atomic mass is 35.5. The van der Waals surface area contributed by atoms with Crippen LogP contribution in [0.1, 0.15) is 47.1 Å². The van der Waals surface area contributed by atoms with Gasteiger partial charge >= 0.3 is 12.2 Å². The van der Waals surface area contributed by atoms with E-state index in [1.807, 2.05) is 30.3 Å². The van der Waals surface area contributed by atoms with Crippen molar-refractivity contribution < 1.29 is 23.5 Å². The highest BCUT2D eigenvalue weighted by Gasteiger charge is 2.34. The highest BCUT2D eigenvalue weighted by molar-refractivity contribution is 6.31. The number of fused-ring (bicyclic) bond motifs is 1. The van der Waals surface area contributed by atoms with Gasteiger partial charge in [0.2, 0.25) is 5.89 Å². The summed E-state index contributed by atoms with van der Waals surface area (Å²) in [6.07, 6.45) is 0.898. The van der Waals surface area contributed by atoms with E-state index in [4.69, 9.17) is 25.5 Å². The highest BCUT2D eigenvalue weighted by Crippen LogP contribution is 2.31. The fraction of sp³-hybridized carbons (Fsp3) is 0.310. The molecule has 0 aliphatic rings. The number of benzene rings is 2. The van der Waals surface area contributed by atoms with Crippen LogP contribution in [0, 0.1) is 0 Å². The van der Waals surface area contributed by atoms with Crippen molar-refractivity contribution in [1.82, 2.24) is 14.5 Å². The zero-order valence-corrected chi connectivity index (χ0v) is 23.4. The topological polar surface area (TPSA) is 104 Å². The van der Waals surface area contributed by atoms with Crippen LogP contribution in [0.15, 0.2) is 70.2 Å². The van der Waals surface area contributed by atoms with Gasteiger partial charge in [-0.3, -0.25) is 4.79 Å². The van der Waals surface area contributed by atoms with Crippen molar-refractivity contribution in [3.8, 4) is 17.3 Å². The van der Waals surface area contributed by atoms with Crippen LogP contribution in [0.5, 0.6) is 0 Å². The van der Waals surface area contributed by atoms with Crippen molar-refractivity contribution in [3.05, 3.63) is 81.8 Å². The lowest BCUT2D eigenvalue weighted by Gasteiger charge is -2.29. The third-order valence-corrected chi connectivity index (χ3v) is 5.66. The maximum Gasteiger partial charge on any atom is 0.420 e. The standard InChI is InChI=1S/C29H30ClN3O6/c1-28(2,3)38-26(35)32(27(36)39-29(4,5)6)17-21-23(25-31-14-15-37-25)33(19-10-8-7-9-11-19)22-16-18(30)12-13-20(22)24(21)34/h7-16H,17H2,1-6H3. The Labute approximate surface area is 230 Å². The number of carbonyl (C=O) groups is 2. The Kier molecular flexibility index (Phi) is 7.57. The van der Waals surface area contributed by atoms with Gasteiger partial charge < -0.3 is 18.5 Å². The zero-order chi connectivity index (χ0) is 28.5. The Morgan fingerprint density at radius 3 is 2.13 bits per heavy atom. The van der Waals surface area contributed by atoms with Crippen molar-refractivity contribution in [2.75, 3.05) is 0 Å². The van der Waals surface area contributed by atoms with Gasteiger partial charge in [-0.2, -0.15) is 0 Å². The molecule has 4 rings (SSSR count). The molecule has 10 heteroatoms. The Morgan fingerprint density at radius 1 is 0.974 bits per heavy atom. The molecule has 0 saturated heterocycles. The fourth-order valence-electron chi connectivity index (χ4n) is 3.96. The number of hydrogen-bond acceptors (Lipinski definition) is 7. The van der Waals surface area contributed by atoms with Gasteiger partial charge in [0.1, 0.15) is 23.2 Å².